The standard InChI is InChI=1S/C18H18N2O4/c1-11(15-4-3-5-22-15)20(2)9-13-6-12-7-16-17(24-10-23-16)8-14(12)19-18(13)21/h3-8,11H,9-10H2,1-2H3,(H,19,21)/t11-/m0/s1. The SMILES string of the molecule is C[C@@H](c1ccco1)N(C)Cc1cc2cc3c(cc2[nH]c1=O)OCO3. The Morgan fingerprint density at radius 3 is 2.79 bits per heavy atom. The lowest BCUT2D eigenvalue weighted by atomic mass is 10.1. The first-order valence-corrected chi connectivity index (χ1v) is 7.81. The average Bonchev–Trinajstić information content (AvgIpc) is 3.24. The van der Waals surface area contributed by atoms with Gasteiger partial charge in [-0.05, 0) is 38.2 Å². The van der Waals surface area contributed by atoms with Crippen LogP contribution in [0.1, 0.15) is 24.3 Å². The summed E-state index contributed by atoms with van der Waals surface area (Å²) in [5, 5.41) is 0.924. The normalized spacial score (nSPS) is 14.5. The van der Waals surface area contributed by atoms with E-state index in [1.165, 1.54) is 0 Å². The number of aromatic nitrogens is 1. The zero-order valence-corrected chi connectivity index (χ0v) is 13.5. The van der Waals surface area contributed by atoms with E-state index < -0.39 is 0 Å². The summed E-state index contributed by atoms with van der Waals surface area (Å²) in [7, 11) is 1.97. The molecule has 124 valence electrons. The van der Waals surface area contributed by atoms with Crippen molar-refractivity contribution in [3.05, 3.63) is 58.3 Å². The molecule has 0 unspecified atom stereocenters. The number of hydrogen-bond acceptors (Lipinski definition) is 5. The fraction of sp³-hybridized carbons (Fsp3) is 0.278. The first kappa shape index (κ1) is 14.8. The molecule has 0 saturated heterocycles. The van der Waals surface area contributed by atoms with Gasteiger partial charge in [-0.25, -0.2) is 0 Å². The van der Waals surface area contributed by atoms with Crippen molar-refractivity contribution in [2.24, 2.45) is 0 Å². The van der Waals surface area contributed by atoms with Crippen LogP contribution in [0.4, 0.5) is 0 Å². The van der Waals surface area contributed by atoms with Crippen molar-refractivity contribution >= 4 is 10.9 Å². The minimum Gasteiger partial charge on any atom is -0.468 e. The summed E-state index contributed by atoms with van der Waals surface area (Å²) in [6, 6.07) is 9.48. The highest BCUT2D eigenvalue weighted by Crippen LogP contribution is 2.35. The number of nitrogens with one attached hydrogen (secondary N) is 1. The van der Waals surface area contributed by atoms with Crippen molar-refractivity contribution in [3.63, 3.8) is 0 Å². The number of aromatic amines is 1. The Bertz CT molecular complexity index is 930. The Hall–Kier alpha value is -2.73. The van der Waals surface area contributed by atoms with Gasteiger partial charge in [-0.1, -0.05) is 0 Å². The second-order valence-electron chi connectivity index (χ2n) is 6.02. The van der Waals surface area contributed by atoms with E-state index in [1.54, 1.807) is 12.3 Å². The second kappa shape index (κ2) is 5.72. The van der Waals surface area contributed by atoms with Gasteiger partial charge < -0.3 is 18.9 Å². The van der Waals surface area contributed by atoms with Crippen LogP contribution in [-0.2, 0) is 6.54 Å². The number of nitrogens with zero attached hydrogens (tertiary/aromatic N) is 1. The maximum Gasteiger partial charge on any atom is 0.252 e. The van der Waals surface area contributed by atoms with Gasteiger partial charge in [-0.2, -0.15) is 0 Å². The molecule has 1 aromatic carbocycles. The third kappa shape index (κ3) is 2.55. The number of fused-ring (bicyclic) bond motifs is 2. The molecule has 24 heavy (non-hydrogen) atoms. The Kier molecular flexibility index (Phi) is 3.54. The maximum absolute atomic E-state index is 12.4. The smallest absolute Gasteiger partial charge is 0.252 e. The van der Waals surface area contributed by atoms with E-state index in [0.717, 1.165) is 16.7 Å². The average molecular weight is 326 g/mol. The van der Waals surface area contributed by atoms with Crippen LogP contribution >= 0.6 is 0 Å². The molecule has 1 N–H and O–H groups in total. The van der Waals surface area contributed by atoms with Crippen molar-refractivity contribution in [1.82, 2.24) is 9.88 Å². The van der Waals surface area contributed by atoms with Crippen molar-refractivity contribution in [3.8, 4) is 11.5 Å². The highest BCUT2D eigenvalue weighted by atomic mass is 16.7. The largest absolute Gasteiger partial charge is 0.468 e. The van der Waals surface area contributed by atoms with Crippen LogP contribution in [0, 0.1) is 0 Å². The Balaban J connectivity index is 1.65. The van der Waals surface area contributed by atoms with E-state index in [0.29, 0.717) is 23.6 Å². The third-order valence-corrected chi connectivity index (χ3v) is 4.45. The quantitative estimate of drug-likeness (QED) is 0.798. The lowest BCUT2D eigenvalue weighted by molar-refractivity contribution is 0.174. The van der Waals surface area contributed by atoms with Gasteiger partial charge in [0, 0.05) is 23.6 Å². The highest BCUT2D eigenvalue weighted by molar-refractivity contribution is 5.83. The van der Waals surface area contributed by atoms with E-state index in [2.05, 4.69) is 9.88 Å². The van der Waals surface area contributed by atoms with Crippen LogP contribution in [0.5, 0.6) is 11.5 Å². The number of benzene rings is 1. The second-order valence-corrected chi connectivity index (χ2v) is 6.02. The molecule has 1 aliphatic heterocycles. The fourth-order valence-electron chi connectivity index (χ4n) is 2.91. The summed E-state index contributed by atoms with van der Waals surface area (Å²) in [6.07, 6.45) is 1.66. The Morgan fingerprint density at radius 2 is 2.04 bits per heavy atom. The molecule has 6 nitrogen and oxygen atoms in total. The molecule has 0 aliphatic carbocycles. The minimum atomic E-state index is -0.0974. The zero-order chi connectivity index (χ0) is 16.7. The topological polar surface area (TPSA) is 67.7 Å². The molecule has 3 aromatic rings. The molecule has 3 heterocycles. The molecule has 0 saturated carbocycles. The van der Waals surface area contributed by atoms with E-state index >= 15 is 0 Å². The van der Waals surface area contributed by atoms with E-state index in [-0.39, 0.29) is 18.4 Å². The molecule has 0 amide bonds. The molecule has 6 heteroatoms. The summed E-state index contributed by atoms with van der Waals surface area (Å²) < 4.78 is 16.2. The Labute approximate surface area is 138 Å². The summed E-state index contributed by atoms with van der Waals surface area (Å²) >= 11 is 0. The van der Waals surface area contributed by atoms with E-state index in [9.17, 15) is 4.79 Å². The summed E-state index contributed by atoms with van der Waals surface area (Å²) in [4.78, 5) is 17.4. The molecule has 0 bridgehead atoms. The Morgan fingerprint density at radius 1 is 1.25 bits per heavy atom. The molecular formula is C18H18N2O4. The van der Waals surface area contributed by atoms with Crippen molar-refractivity contribution in [2.45, 2.75) is 19.5 Å². The van der Waals surface area contributed by atoms with Crippen LogP contribution < -0.4 is 15.0 Å². The molecule has 1 atom stereocenters. The van der Waals surface area contributed by atoms with Gasteiger partial charge in [0.15, 0.2) is 11.5 Å². The lowest BCUT2D eigenvalue weighted by Gasteiger charge is -2.22. The predicted molar refractivity (Wildman–Crippen MR) is 89.3 cm³/mol. The van der Waals surface area contributed by atoms with E-state index in [1.807, 2.05) is 38.2 Å². The first-order chi connectivity index (χ1) is 11.6. The summed E-state index contributed by atoms with van der Waals surface area (Å²) in [6.45, 7) is 2.78. The molecule has 2 aromatic heterocycles. The summed E-state index contributed by atoms with van der Waals surface area (Å²) in [5.41, 5.74) is 1.34. The molecule has 0 spiro atoms. The zero-order valence-electron chi connectivity index (χ0n) is 13.5. The monoisotopic (exact) mass is 326 g/mol. The number of H-pyrrole nitrogens is 1. The van der Waals surface area contributed by atoms with E-state index in [4.69, 9.17) is 13.9 Å². The molecule has 0 radical (unpaired) electrons. The van der Waals surface area contributed by atoms with Gasteiger partial charge in [0.25, 0.3) is 5.56 Å². The van der Waals surface area contributed by atoms with Crippen LogP contribution in [0.15, 0.2) is 45.8 Å². The van der Waals surface area contributed by atoms with Crippen molar-refractivity contribution in [1.29, 1.82) is 0 Å². The van der Waals surface area contributed by atoms with Gasteiger partial charge in [0.05, 0.1) is 17.8 Å². The lowest BCUT2D eigenvalue weighted by Crippen LogP contribution is -2.25. The van der Waals surface area contributed by atoms with Gasteiger partial charge in [-0.15, -0.1) is 0 Å². The van der Waals surface area contributed by atoms with Crippen LogP contribution in [-0.4, -0.2) is 23.7 Å². The molecule has 4 rings (SSSR count). The predicted octanol–water partition coefficient (Wildman–Crippen LogP) is 3.04. The number of furan rings is 1. The molecule has 0 fully saturated rings. The van der Waals surface area contributed by atoms with Crippen molar-refractivity contribution < 1.29 is 13.9 Å². The van der Waals surface area contributed by atoms with Gasteiger partial charge in [0.1, 0.15) is 5.76 Å². The van der Waals surface area contributed by atoms with Crippen LogP contribution in [0.2, 0.25) is 0 Å². The first-order valence-electron chi connectivity index (χ1n) is 7.81. The van der Waals surface area contributed by atoms with Gasteiger partial charge >= 0.3 is 0 Å². The fourth-order valence-corrected chi connectivity index (χ4v) is 2.91. The number of rotatable bonds is 4. The molecular weight excluding hydrogens is 308 g/mol. The summed E-state index contributed by atoms with van der Waals surface area (Å²) in [5.74, 6) is 2.24. The van der Waals surface area contributed by atoms with Crippen LogP contribution in [0.3, 0.4) is 0 Å². The van der Waals surface area contributed by atoms with Gasteiger partial charge in [-0.3, -0.25) is 9.69 Å². The third-order valence-electron chi connectivity index (χ3n) is 4.45. The number of hydrogen-bond donors (Lipinski definition) is 1. The van der Waals surface area contributed by atoms with Gasteiger partial charge in [0.2, 0.25) is 6.79 Å². The number of ether oxygens (including phenoxy) is 2. The maximum atomic E-state index is 12.4. The molecule has 1 aliphatic rings. The highest BCUT2D eigenvalue weighted by Gasteiger charge is 2.18. The van der Waals surface area contributed by atoms with Crippen molar-refractivity contribution in [2.75, 3.05) is 13.8 Å². The number of pyridine rings is 1. The van der Waals surface area contributed by atoms with Crippen LogP contribution in [0.25, 0.3) is 10.9 Å². The minimum absolute atomic E-state index is 0.0758.